The number of ketones is 1. The lowest BCUT2D eigenvalue weighted by molar-refractivity contribution is 0.0600. The summed E-state index contributed by atoms with van der Waals surface area (Å²) in [4.78, 5) is 30.9. The SMILES string of the molecule is COC(=O)c1ccc(CC(=O)c2cscn2)nc1. The van der Waals surface area contributed by atoms with Crippen LogP contribution in [0.4, 0.5) is 0 Å². The lowest BCUT2D eigenvalue weighted by atomic mass is 10.1. The average Bonchev–Trinajstić information content (AvgIpc) is 2.92. The van der Waals surface area contributed by atoms with Gasteiger partial charge in [0, 0.05) is 17.3 Å². The third kappa shape index (κ3) is 2.78. The van der Waals surface area contributed by atoms with Gasteiger partial charge in [0.15, 0.2) is 5.78 Å². The van der Waals surface area contributed by atoms with Crippen molar-refractivity contribution in [1.82, 2.24) is 9.97 Å². The van der Waals surface area contributed by atoms with E-state index in [-0.39, 0.29) is 12.2 Å². The van der Waals surface area contributed by atoms with Gasteiger partial charge in [-0.15, -0.1) is 11.3 Å². The van der Waals surface area contributed by atoms with E-state index in [1.54, 1.807) is 23.0 Å². The summed E-state index contributed by atoms with van der Waals surface area (Å²) in [5.74, 6) is -0.533. The summed E-state index contributed by atoms with van der Waals surface area (Å²) in [6.45, 7) is 0. The van der Waals surface area contributed by atoms with Crippen LogP contribution in [0.2, 0.25) is 0 Å². The Balaban J connectivity index is 2.07. The van der Waals surface area contributed by atoms with Crippen molar-refractivity contribution in [2.45, 2.75) is 6.42 Å². The highest BCUT2D eigenvalue weighted by molar-refractivity contribution is 7.07. The first-order valence-electron chi connectivity index (χ1n) is 5.15. The molecule has 0 fully saturated rings. The van der Waals surface area contributed by atoms with Crippen molar-refractivity contribution in [2.75, 3.05) is 7.11 Å². The van der Waals surface area contributed by atoms with E-state index in [0.717, 1.165) is 0 Å². The highest BCUT2D eigenvalue weighted by atomic mass is 32.1. The smallest absolute Gasteiger partial charge is 0.339 e. The minimum absolute atomic E-state index is 0.0884. The maximum absolute atomic E-state index is 11.8. The first-order valence-corrected chi connectivity index (χ1v) is 6.09. The molecule has 2 aromatic heterocycles. The number of esters is 1. The van der Waals surface area contributed by atoms with Crippen molar-refractivity contribution in [1.29, 1.82) is 0 Å². The molecule has 5 nitrogen and oxygen atoms in total. The Kier molecular flexibility index (Phi) is 3.78. The molecular weight excluding hydrogens is 252 g/mol. The van der Waals surface area contributed by atoms with Gasteiger partial charge in [0.25, 0.3) is 0 Å². The molecule has 18 heavy (non-hydrogen) atoms. The van der Waals surface area contributed by atoms with Gasteiger partial charge >= 0.3 is 5.97 Å². The maximum atomic E-state index is 11.8. The highest BCUT2D eigenvalue weighted by Crippen LogP contribution is 2.08. The first-order chi connectivity index (χ1) is 8.70. The molecule has 0 spiro atoms. The van der Waals surface area contributed by atoms with Crippen molar-refractivity contribution in [3.8, 4) is 0 Å². The van der Waals surface area contributed by atoms with Crippen LogP contribution in [0, 0.1) is 0 Å². The molecule has 0 radical (unpaired) electrons. The second-order valence-corrected chi connectivity index (χ2v) is 4.22. The number of hydrogen-bond donors (Lipinski definition) is 0. The molecule has 2 rings (SSSR count). The van der Waals surface area contributed by atoms with E-state index >= 15 is 0 Å². The summed E-state index contributed by atoms with van der Waals surface area (Å²) in [6.07, 6.45) is 1.57. The predicted octanol–water partition coefficient (Wildman–Crippen LogP) is 1.75. The molecule has 0 aromatic carbocycles. The molecule has 0 unspecified atom stereocenters. The Hall–Kier alpha value is -2.08. The molecule has 0 aliphatic heterocycles. The Bertz CT molecular complexity index is 549. The Labute approximate surface area is 107 Å². The molecule has 6 heteroatoms. The molecule has 2 aromatic rings. The number of rotatable bonds is 4. The zero-order valence-corrected chi connectivity index (χ0v) is 10.4. The first kappa shape index (κ1) is 12.4. The molecule has 0 atom stereocenters. The van der Waals surface area contributed by atoms with Crippen LogP contribution in [0.15, 0.2) is 29.2 Å². The molecule has 0 amide bonds. The Morgan fingerprint density at radius 3 is 2.72 bits per heavy atom. The maximum Gasteiger partial charge on any atom is 0.339 e. The number of nitrogens with zero attached hydrogens (tertiary/aromatic N) is 2. The van der Waals surface area contributed by atoms with Crippen LogP contribution in [0.5, 0.6) is 0 Å². The third-order valence-corrected chi connectivity index (χ3v) is 2.89. The molecule has 0 bridgehead atoms. The second-order valence-electron chi connectivity index (χ2n) is 3.50. The fourth-order valence-electron chi connectivity index (χ4n) is 1.37. The average molecular weight is 262 g/mol. The quantitative estimate of drug-likeness (QED) is 0.620. The summed E-state index contributed by atoms with van der Waals surface area (Å²) in [5.41, 5.74) is 3.02. The number of thiazole rings is 1. The minimum atomic E-state index is -0.445. The van der Waals surface area contributed by atoms with E-state index in [2.05, 4.69) is 14.7 Å². The predicted molar refractivity (Wildman–Crippen MR) is 65.7 cm³/mol. The number of methoxy groups -OCH3 is 1. The summed E-state index contributed by atoms with van der Waals surface area (Å²) in [6, 6.07) is 3.22. The van der Waals surface area contributed by atoms with Crippen molar-refractivity contribution in [3.63, 3.8) is 0 Å². The van der Waals surface area contributed by atoms with E-state index in [1.807, 2.05) is 0 Å². The summed E-state index contributed by atoms with van der Waals surface area (Å²) >= 11 is 1.37. The van der Waals surface area contributed by atoms with Gasteiger partial charge < -0.3 is 4.74 Å². The molecule has 92 valence electrons. The number of Topliss-reactive ketones (excluding diaryl/α,β-unsaturated/α-hetero) is 1. The normalized spacial score (nSPS) is 10.1. The third-order valence-electron chi connectivity index (χ3n) is 2.31. The van der Waals surface area contributed by atoms with Crippen LogP contribution in [-0.2, 0) is 11.2 Å². The second kappa shape index (κ2) is 5.50. The van der Waals surface area contributed by atoms with Gasteiger partial charge in [-0.2, -0.15) is 0 Å². The molecular formula is C12H10N2O3S. The van der Waals surface area contributed by atoms with Crippen LogP contribution in [-0.4, -0.2) is 28.8 Å². The van der Waals surface area contributed by atoms with Gasteiger partial charge in [-0.1, -0.05) is 0 Å². The number of pyridine rings is 1. The molecule has 0 saturated carbocycles. The Morgan fingerprint density at radius 1 is 1.33 bits per heavy atom. The van der Waals surface area contributed by atoms with E-state index in [9.17, 15) is 9.59 Å². The lowest BCUT2D eigenvalue weighted by Gasteiger charge is -2.01. The standard InChI is InChI=1S/C12H10N2O3S/c1-17-12(16)8-2-3-9(13-5-8)4-11(15)10-6-18-7-14-10/h2-3,5-7H,4H2,1H3. The fraction of sp³-hybridized carbons (Fsp3) is 0.167. The molecule has 0 N–H and O–H groups in total. The molecule has 0 saturated heterocycles. The number of ether oxygens (including phenoxy) is 1. The fourth-order valence-corrected chi connectivity index (χ4v) is 1.93. The molecule has 2 heterocycles. The van der Waals surface area contributed by atoms with Crippen molar-refractivity contribution in [2.24, 2.45) is 0 Å². The summed E-state index contributed by atoms with van der Waals surface area (Å²) in [5, 5.41) is 1.70. The van der Waals surface area contributed by atoms with E-state index in [0.29, 0.717) is 17.0 Å². The van der Waals surface area contributed by atoms with Crippen LogP contribution in [0.25, 0.3) is 0 Å². The van der Waals surface area contributed by atoms with E-state index in [1.165, 1.54) is 24.6 Å². The van der Waals surface area contributed by atoms with Gasteiger partial charge in [0.05, 0.1) is 24.6 Å². The number of carbonyl (C=O) groups excluding carboxylic acids is 2. The molecule has 0 aliphatic rings. The van der Waals surface area contributed by atoms with Gasteiger partial charge in [0.1, 0.15) is 5.69 Å². The van der Waals surface area contributed by atoms with Crippen LogP contribution < -0.4 is 0 Å². The highest BCUT2D eigenvalue weighted by Gasteiger charge is 2.11. The van der Waals surface area contributed by atoms with Crippen molar-refractivity contribution >= 4 is 23.1 Å². The number of aromatic nitrogens is 2. The summed E-state index contributed by atoms with van der Waals surface area (Å²) in [7, 11) is 1.31. The van der Waals surface area contributed by atoms with E-state index < -0.39 is 5.97 Å². The Morgan fingerprint density at radius 2 is 2.17 bits per heavy atom. The zero-order valence-electron chi connectivity index (χ0n) is 9.62. The number of hydrogen-bond acceptors (Lipinski definition) is 6. The van der Waals surface area contributed by atoms with Crippen LogP contribution in [0.1, 0.15) is 26.5 Å². The largest absolute Gasteiger partial charge is 0.465 e. The topological polar surface area (TPSA) is 69.2 Å². The zero-order chi connectivity index (χ0) is 13.0. The van der Waals surface area contributed by atoms with Gasteiger partial charge in [-0.05, 0) is 12.1 Å². The van der Waals surface area contributed by atoms with Gasteiger partial charge in [-0.3, -0.25) is 9.78 Å². The van der Waals surface area contributed by atoms with E-state index in [4.69, 9.17) is 0 Å². The monoisotopic (exact) mass is 262 g/mol. The van der Waals surface area contributed by atoms with Crippen molar-refractivity contribution < 1.29 is 14.3 Å². The molecule has 0 aliphatic carbocycles. The van der Waals surface area contributed by atoms with Gasteiger partial charge in [0.2, 0.25) is 0 Å². The van der Waals surface area contributed by atoms with Crippen molar-refractivity contribution in [3.05, 3.63) is 46.2 Å². The minimum Gasteiger partial charge on any atom is -0.465 e. The lowest BCUT2D eigenvalue weighted by Crippen LogP contribution is -2.07. The summed E-state index contributed by atoms with van der Waals surface area (Å²) < 4.78 is 4.56. The van der Waals surface area contributed by atoms with Gasteiger partial charge in [-0.25, -0.2) is 9.78 Å². The van der Waals surface area contributed by atoms with Crippen LogP contribution >= 0.6 is 11.3 Å². The number of carbonyl (C=O) groups is 2. The van der Waals surface area contributed by atoms with Crippen LogP contribution in [0.3, 0.4) is 0 Å².